The normalized spacial score (nSPS) is 25.5. The molecule has 0 aromatic heterocycles. The maximum absolute atomic E-state index is 12.4. The summed E-state index contributed by atoms with van der Waals surface area (Å²) in [5.74, 6) is -0.0110. The van der Waals surface area contributed by atoms with Crippen LogP contribution < -0.4 is 4.72 Å². The smallest absolute Gasteiger partial charge is 0.264 e. The molecule has 0 spiro atoms. The Bertz CT molecular complexity index is 677. The first-order valence-corrected chi connectivity index (χ1v) is 10.2. The van der Waals surface area contributed by atoms with E-state index in [2.05, 4.69) is 4.72 Å². The second kappa shape index (κ2) is 7.23. The number of nitrogens with one attached hydrogen (secondary N) is 1. The van der Waals surface area contributed by atoms with E-state index < -0.39 is 22.0 Å². The SMILES string of the molecule is C[C@@H]1CCO[C@@H]1C(=O)NS(=O)(=O)c1ccc(C2CCCCC2)cc1. The van der Waals surface area contributed by atoms with Gasteiger partial charge in [-0.1, -0.05) is 38.3 Å². The van der Waals surface area contributed by atoms with Crippen molar-refractivity contribution in [2.75, 3.05) is 6.61 Å². The summed E-state index contributed by atoms with van der Waals surface area (Å²) in [6.07, 6.45) is 6.19. The number of carbonyl (C=O) groups is 1. The maximum atomic E-state index is 12.4. The van der Waals surface area contributed by atoms with Crippen molar-refractivity contribution in [2.24, 2.45) is 5.92 Å². The Kier molecular flexibility index (Phi) is 5.25. The standard InChI is InChI=1S/C18H25NO4S/c1-13-11-12-23-17(13)18(20)19-24(21,22)16-9-7-15(8-10-16)14-5-3-2-4-6-14/h7-10,13-14,17H,2-6,11-12H2,1H3,(H,19,20)/t13-,17+/m1/s1. The average Bonchev–Trinajstić information content (AvgIpc) is 3.02. The summed E-state index contributed by atoms with van der Waals surface area (Å²) in [5.41, 5.74) is 1.19. The number of hydrogen-bond acceptors (Lipinski definition) is 4. The summed E-state index contributed by atoms with van der Waals surface area (Å²) in [4.78, 5) is 12.3. The molecule has 2 fully saturated rings. The number of sulfonamides is 1. The van der Waals surface area contributed by atoms with E-state index in [-0.39, 0.29) is 10.8 Å². The number of amides is 1. The van der Waals surface area contributed by atoms with E-state index in [4.69, 9.17) is 4.74 Å². The van der Waals surface area contributed by atoms with Gasteiger partial charge in [-0.05, 0) is 48.8 Å². The molecule has 2 atom stereocenters. The summed E-state index contributed by atoms with van der Waals surface area (Å²) < 4.78 is 32.3. The van der Waals surface area contributed by atoms with E-state index >= 15 is 0 Å². The molecule has 1 aromatic rings. The van der Waals surface area contributed by atoms with Crippen LogP contribution in [-0.2, 0) is 19.6 Å². The molecule has 1 aliphatic carbocycles. The van der Waals surface area contributed by atoms with Crippen LogP contribution in [0.3, 0.4) is 0 Å². The molecule has 1 aliphatic heterocycles. The van der Waals surface area contributed by atoms with Crippen LogP contribution in [0.1, 0.15) is 56.9 Å². The quantitative estimate of drug-likeness (QED) is 0.905. The molecule has 2 aliphatic rings. The lowest BCUT2D eigenvalue weighted by atomic mass is 9.84. The Balaban J connectivity index is 1.69. The zero-order chi connectivity index (χ0) is 17.2. The molecule has 5 nitrogen and oxygen atoms in total. The molecule has 3 rings (SSSR count). The van der Waals surface area contributed by atoms with E-state index in [1.807, 2.05) is 19.1 Å². The third-order valence-electron chi connectivity index (χ3n) is 5.15. The molecule has 0 unspecified atom stereocenters. The summed E-state index contributed by atoms with van der Waals surface area (Å²) >= 11 is 0. The van der Waals surface area contributed by atoms with Gasteiger partial charge in [0.2, 0.25) is 0 Å². The van der Waals surface area contributed by atoms with Gasteiger partial charge in [-0.15, -0.1) is 0 Å². The predicted molar refractivity (Wildman–Crippen MR) is 91.1 cm³/mol. The van der Waals surface area contributed by atoms with Gasteiger partial charge >= 0.3 is 0 Å². The third-order valence-corrected chi connectivity index (χ3v) is 6.51. The number of benzene rings is 1. The number of rotatable bonds is 4. The monoisotopic (exact) mass is 351 g/mol. The first-order valence-electron chi connectivity index (χ1n) is 8.75. The molecular weight excluding hydrogens is 326 g/mol. The van der Waals surface area contributed by atoms with Crippen LogP contribution in [0.2, 0.25) is 0 Å². The van der Waals surface area contributed by atoms with Crippen LogP contribution in [0.25, 0.3) is 0 Å². The minimum Gasteiger partial charge on any atom is -0.368 e. The fourth-order valence-corrected chi connectivity index (χ4v) is 4.63. The van der Waals surface area contributed by atoms with Gasteiger partial charge < -0.3 is 4.74 Å². The van der Waals surface area contributed by atoms with E-state index in [1.54, 1.807) is 12.1 Å². The van der Waals surface area contributed by atoms with Crippen molar-refractivity contribution < 1.29 is 17.9 Å². The van der Waals surface area contributed by atoms with Crippen molar-refractivity contribution in [2.45, 2.75) is 62.4 Å². The van der Waals surface area contributed by atoms with E-state index in [0.717, 1.165) is 6.42 Å². The molecule has 1 aromatic carbocycles. The van der Waals surface area contributed by atoms with Crippen molar-refractivity contribution in [1.82, 2.24) is 4.72 Å². The first-order chi connectivity index (χ1) is 11.5. The average molecular weight is 351 g/mol. The molecule has 1 saturated heterocycles. The molecule has 1 amide bonds. The highest BCUT2D eigenvalue weighted by Gasteiger charge is 2.33. The second-order valence-corrected chi connectivity index (χ2v) is 8.61. The van der Waals surface area contributed by atoms with E-state index in [9.17, 15) is 13.2 Å². The lowest BCUT2D eigenvalue weighted by Gasteiger charge is -2.22. The molecular formula is C18H25NO4S. The predicted octanol–water partition coefficient (Wildman–Crippen LogP) is 2.96. The summed E-state index contributed by atoms with van der Waals surface area (Å²) in [5, 5.41) is 0. The lowest BCUT2D eigenvalue weighted by Crippen LogP contribution is -2.40. The van der Waals surface area contributed by atoms with Gasteiger partial charge in [-0.25, -0.2) is 13.1 Å². The van der Waals surface area contributed by atoms with Crippen molar-refractivity contribution in [1.29, 1.82) is 0 Å². The topological polar surface area (TPSA) is 72.5 Å². The zero-order valence-electron chi connectivity index (χ0n) is 14.0. The van der Waals surface area contributed by atoms with Crippen molar-refractivity contribution in [3.05, 3.63) is 29.8 Å². The van der Waals surface area contributed by atoms with Crippen molar-refractivity contribution in [3.63, 3.8) is 0 Å². The minimum absolute atomic E-state index is 0.0360. The highest BCUT2D eigenvalue weighted by Crippen LogP contribution is 2.32. The molecule has 6 heteroatoms. The van der Waals surface area contributed by atoms with E-state index in [1.165, 1.54) is 37.7 Å². The maximum Gasteiger partial charge on any atom is 0.264 e. The summed E-state index contributed by atoms with van der Waals surface area (Å²) in [7, 11) is -3.85. The van der Waals surface area contributed by atoms with Gasteiger partial charge in [-0.3, -0.25) is 4.79 Å². The van der Waals surface area contributed by atoms with Gasteiger partial charge in [0.25, 0.3) is 15.9 Å². The second-order valence-electron chi connectivity index (χ2n) is 6.93. The molecule has 1 N–H and O–H groups in total. The minimum atomic E-state index is -3.85. The molecule has 0 radical (unpaired) electrons. The van der Waals surface area contributed by atoms with Crippen LogP contribution in [0.15, 0.2) is 29.2 Å². The highest BCUT2D eigenvalue weighted by atomic mass is 32.2. The van der Waals surface area contributed by atoms with Crippen molar-refractivity contribution in [3.8, 4) is 0 Å². The Morgan fingerprint density at radius 1 is 1.08 bits per heavy atom. The Hall–Kier alpha value is -1.40. The first kappa shape index (κ1) is 17.4. The number of carbonyl (C=O) groups excluding carboxylic acids is 1. The third kappa shape index (κ3) is 3.81. The van der Waals surface area contributed by atoms with Crippen LogP contribution in [0.4, 0.5) is 0 Å². The van der Waals surface area contributed by atoms with Gasteiger partial charge in [0.1, 0.15) is 6.10 Å². The Labute approximate surface area is 143 Å². The Morgan fingerprint density at radius 3 is 2.33 bits per heavy atom. The van der Waals surface area contributed by atoms with Crippen LogP contribution in [-0.4, -0.2) is 27.0 Å². The van der Waals surface area contributed by atoms with Gasteiger partial charge in [0.15, 0.2) is 0 Å². The van der Waals surface area contributed by atoms with Crippen LogP contribution in [0, 0.1) is 5.92 Å². The lowest BCUT2D eigenvalue weighted by molar-refractivity contribution is -0.129. The van der Waals surface area contributed by atoms with Gasteiger partial charge in [0.05, 0.1) is 4.90 Å². The summed E-state index contributed by atoms with van der Waals surface area (Å²) in [6, 6.07) is 6.95. The molecule has 1 heterocycles. The molecule has 1 saturated carbocycles. The van der Waals surface area contributed by atoms with Crippen LogP contribution in [0.5, 0.6) is 0 Å². The molecule has 0 bridgehead atoms. The Morgan fingerprint density at radius 2 is 1.75 bits per heavy atom. The highest BCUT2D eigenvalue weighted by molar-refractivity contribution is 7.90. The van der Waals surface area contributed by atoms with Crippen LogP contribution >= 0.6 is 0 Å². The van der Waals surface area contributed by atoms with Gasteiger partial charge in [-0.2, -0.15) is 0 Å². The molecule has 132 valence electrons. The fourth-order valence-electron chi connectivity index (χ4n) is 3.64. The number of ether oxygens (including phenoxy) is 1. The van der Waals surface area contributed by atoms with Gasteiger partial charge in [0, 0.05) is 6.61 Å². The zero-order valence-corrected chi connectivity index (χ0v) is 14.8. The van der Waals surface area contributed by atoms with Crippen molar-refractivity contribution >= 4 is 15.9 Å². The molecule has 24 heavy (non-hydrogen) atoms. The largest absolute Gasteiger partial charge is 0.368 e. The fraction of sp³-hybridized carbons (Fsp3) is 0.611. The van der Waals surface area contributed by atoms with E-state index in [0.29, 0.717) is 12.5 Å². The summed E-state index contributed by atoms with van der Waals surface area (Å²) in [6.45, 7) is 2.39. The number of hydrogen-bond donors (Lipinski definition) is 1.